The Morgan fingerprint density at radius 3 is 2.62 bits per heavy atom. The summed E-state index contributed by atoms with van der Waals surface area (Å²) in [7, 11) is 0. The van der Waals surface area contributed by atoms with Gasteiger partial charge >= 0.3 is 6.09 Å². The number of rotatable bonds is 5. The van der Waals surface area contributed by atoms with Crippen molar-refractivity contribution in [2.75, 3.05) is 6.54 Å². The smallest absolute Gasteiger partial charge is 0.408 e. The van der Waals surface area contributed by atoms with E-state index in [1.165, 1.54) is 0 Å². The van der Waals surface area contributed by atoms with Crippen molar-refractivity contribution < 1.29 is 19.1 Å². The number of Topliss-reactive ketones (excluding diaryl/α,β-unsaturated/α-hetero) is 1. The molecule has 1 amide bonds. The fourth-order valence-electron chi connectivity index (χ4n) is 1.69. The number of ketones is 1. The average Bonchev–Trinajstić information content (AvgIpc) is 3.18. The van der Waals surface area contributed by atoms with Crippen LogP contribution < -0.4 is 10.1 Å². The Balaban J connectivity index is 1.86. The van der Waals surface area contributed by atoms with Crippen LogP contribution in [0.3, 0.4) is 0 Å². The molecule has 0 spiro atoms. The van der Waals surface area contributed by atoms with Crippen molar-refractivity contribution in [3.8, 4) is 5.75 Å². The zero-order valence-corrected chi connectivity index (χ0v) is 12.6. The molecule has 0 saturated heterocycles. The number of hydrogen-bond acceptors (Lipinski definition) is 4. The molecular weight excluding hydrogens is 270 g/mol. The molecule has 1 aliphatic carbocycles. The van der Waals surface area contributed by atoms with Gasteiger partial charge in [0.1, 0.15) is 11.4 Å². The van der Waals surface area contributed by atoms with Crippen LogP contribution in [0.25, 0.3) is 0 Å². The van der Waals surface area contributed by atoms with Gasteiger partial charge in [-0.1, -0.05) is 12.1 Å². The summed E-state index contributed by atoms with van der Waals surface area (Å²) in [6.07, 6.45) is 1.83. The van der Waals surface area contributed by atoms with Gasteiger partial charge in [0.2, 0.25) is 0 Å². The number of carbonyl (C=O) groups is 2. The van der Waals surface area contributed by atoms with Crippen LogP contribution in [0.15, 0.2) is 24.3 Å². The predicted octanol–water partition coefficient (Wildman–Crippen LogP) is 2.94. The molecule has 1 aromatic rings. The summed E-state index contributed by atoms with van der Waals surface area (Å²) >= 11 is 0. The lowest BCUT2D eigenvalue weighted by atomic mass is 10.1. The molecule has 5 heteroatoms. The van der Waals surface area contributed by atoms with Crippen molar-refractivity contribution in [1.29, 1.82) is 0 Å². The third-order valence-corrected chi connectivity index (χ3v) is 2.78. The normalized spacial score (nSPS) is 14.4. The van der Waals surface area contributed by atoms with E-state index in [-0.39, 0.29) is 18.4 Å². The second kappa shape index (κ2) is 6.16. The van der Waals surface area contributed by atoms with Crippen LogP contribution in [0.4, 0.5) is 4.79 Å². The monoisotopic (exact) mass is 291 g/mol. The zero-order chi connectivity index (χ0) is 15.5. The van der Waals surface area contributed by atoms with Crippen LogP contribution in [0.1, 0.15) is 44.0 Å². The summed E-state index contributed by atoms with van der Waals surface area (Å²) < 4.78 is 10.7. The molecule has 1 aromatic carbocycles. The maximum Gasteiger partial charge on any atom is 0.408 e. The number of amides is 1. The molecule has 5 nitrogen and oxygen atoms in total. The highest BCUT2D eigenvalue weighted by molar-refractivity contribution is 5.99. The first kappa shape index (κ1) is 15.4. The largest absolute Gasteiger partial charge is 0.490 e. The molecule has 21 heavy (non-hydrogen) atoms. The Bertz CT molecular complexity index is 529. The topological polar surface area (TPSA) is 64.6 Å². The van der Waals surface area contributed by atoms with Crippen molar-refractivity contribution in [2.24, 2.45) is 0 Å². The molecular formula is C16H21NO4. The molecule has 1 fully saturated rings. The van der Waals surface area contributed by atoms with Gasteiger partial charge in [0, 0.05) is 5.56 Å². The minimum atomic E-state index is -0.596. The molecule has 0 bridgehead atoms. The minimum absolute atomic E-state index is 0.0954. The third kappa shape index (κ3) is 5.45. The van der Waals surface area contributed by atoms with Gasteiger partial charge in [-0.25, -0.2) is 4.79 Å². The van der Waals surface area contributed by atoms with Gasteiger partial charge in [-0.3, -0.25) is 4.79 Å². The maximum atomic E-state index is 12.0. The molecule has 0 atom stereocenters. The summed E-state index contributed by atoms with van der Waals surface area (Å²) in [5.74, 6) is 0.516. The molecule has 0 radical (unpaired) electrons. The van der Waals surface area contributed by atoms with E-state index in [0.717, 1.165) is 12.8 Å². The van der Waals surface area contributed by atoms with Gasteiger partial charge in [-0.05, 0) is 45.7 Å². The van der Waals surface area contributed by atoms with Gasteiger partial charge in [0.15, 0.2) is 5.78 Å². The van der Waals surface area contributed by atoms with Crippen LogP contribution in [0, 0.1) is 0 Å². The quantitative estimate of drug-likeness (QED) is 0.847. The minimum Gasteiger partial charge on any atom is -0.490 e. The van der Waals surface area contributed by atoms with Crippen LogP contribution in [-0.2, 0) is 4.74 Å². The molecule has 0 aromatic heterocycles. The molecule has 114 valence electrons. The first-order valence-electron chi connectivity index (χ1n) is 7.10. The number of ether oxygens (including phenoxy) is 2. The Hall–Kier alpha value is -2.04. The van der Waals surface area contributed by atoms with Crippen molar-refractivity contribution in [1.82, 2.24) is 5.32 Å². The number of carbonyl (C=O) groups excluding carboxylic acids is 2. The molecule has 0 aliphatic heterocycles. The van der Waals surface area contributed by atoms with Crippen LogP contribution >= 0.6 is 0 Å². The Labute approximate surface area is 124 Å². The zero-order valence-electron chi connectivity index (χ0n) is 12.6. The SMILES string of the molecule is CC(C)(C)OC(=O)NCC(=O)c1cccc(OC2CC2)c1. The van der Waals surface area contributed by atoms with Crippen LogP contribution in [-0.4, -0.2) is 30.1 Å². The van der Waals surface area contributed by atoms with Crippen LogP contribution in [0.5, 0.6) is 5.75 Å². The summed E-state index contributed by atoms with van der Waals surface area (Å²) in [6, 6.07) is 7.02. The molecule has 2 rings (SSSR count). The van der Waals surface area contributed by atoms with E-state index < -0.39 is 11.7 Å². The van der Waals surface area contributed by atoms with Gasteiger partial charge in [-0.15, -0.1) is 0 Å². The highest BCUT2D eigenvalue weighted by atomic mass is 16.6. The van der Waals surface area contributed by atoms with Gasteiger partial charge in [-0.2, -0.15) is 0 Å². The average molecular weight is 291 g/mol. The number of nitrogens with one attached hydrogen (secondary N) is 1. The van der Waals surface area contributed by atoms with Gasteiger partial charge in [0.05, 0.1) is 12.6 Å². The van der Waals surface area contributed by atoms with Gasteiger partial charge in [0.25, 0.3) is 0 Å². The van der Waals surface area contributed by atoms with Crippen LogP contribution in [0.2, 0.25) is 0 Å². The second-order valence-electron chi connectivity index (χ2n) is 6.12. The highest BCUT2D eigenvalue weighted by Gasteiger charge is 2.23. The molecule has 1 N–H and O–H groups in total. The van der Waals surface area contributed by atoms with Crippen molar-refractivity contribution in [3.63, 3.8) is 0 Å². The lowest BCUT2D eigenvalue weighted by Crippen LogP contribution is -2.35. The lowest BCUT2D eigenvalue weighted by Gasteiger charge is -2.19. The maximum absolute atomic E-state index is 12.0. The predicted molar refractivity (Wildman–Crippen MR) is 78.7 cm³/mol. The second-order valence-corrected chi connectivity index (χ2v) is 6.12. The molecule has 1 saturated carbocycles. The number of benzene rings is 1. The molecule has 1 aliphatic rings. The van der Waals surface area contributed by atoms with Crippen molar-refractivity contribution >= 4 is 11.9 Å². The molecule has 0 heterocycles. The standard InChI is InChI=1S/C16H21NO4/c1-16(2,3)21-15(19)17-10-14(18)11-5-4-6-13(9-11)20-12-7-8-12/h4-6,9,12H,7-8,10H2,1-3H3,(H,17,19). The molecule has 0 unspecified atom stereocenters. The first-order chi connectivity index (χ1) is 9.83. The van der Waals surface area contributed by atoms with Crippen molar-refractivity contribution in [3.05, 3.63) is 29.8 Å². The van der Waals surface area contributed by atoms with Gasteiger partial charge < -0.3 is 14.8 Å². The lowest BCUT2D eigenvalue weighted by molar-refractivity contribution is 0.0520. The Morgan fingerprint density at radius 2 is 2.00 bits per heavy atom. The van der Waals surface area contributed by atoms with E-state index in [0.29, 0.717) is 11.3 Å². The van der Waals surface area contributed by atoms with E-state index in [2.05, 4.69) is 5.32 Å². The third-order valence-electron chi connectivity index (χ3n) is 2.78. The first-order valence-corrected chi connectivity index (χ1v) is 7.10. The van der Waals surface area contributed by atoms with E-state index in [1.807, 2.05) is 6.07 Å². The summed E-state index contributed by atoms with van der Waals surface area (Å²) in [6.45, 7) is 5.22. The Kier molecular flexibility index (Phi) is 4.50. The van der Waals surface area contributed by atoms with E-state index in [9.17, 15) is 9.59 Å². The summed E-state index contributed by atoms with van der Waals surface area (Å²) in [5.41, 5.74) is -0.0604. The van der Waals surface area contributed by atoms with E-state index >= 15 is 0 Å². The fourth-order valence-corrected chi connectivity index (χ4v) is 1.69. The number of alkyl carbamates (subject to hydrolysis) is 1. The van der Waals surface area contributed by atoms with Crippen molar-refractivity contribution in [2.45, 2.75) is 45.3 Å². The number of hydrogen-bond donors (Lipinski definition) is 1. The summed E-state index contributed by atoms with van der Waals surface area (Å²) in [4.78, 5) is 23.5. The van der Waals surface area contributed by atoms with E-state index in [1.54, 1.807) is 39.0 Å². The Morgan fingerprint density at radius 1 is 1.29 bits per heavy atom. The van der Waals surface area contributed by atoms with E-state index in [4.69, 9.17) is 9.47 Å². The summed E-state index contributed by atoms with van der Waals surface area (Å²) in [5, 5.41) is 2.46. The highest BCUT2D eigenvalue weighted by Crippen LogP contribution is 2.27. The fraction of sp³-hybridized carbons (Fsp3) is 0.500.